The van der Waals surface area contributed by atoms with Gasteiger partial charge in [0.15, 0.2) is 0 Å². The van der Waals surface area contributed by atoms with Crippen molar-refractivity contribution in [3.63, 3.8) is 0 Å². The van der Waals surface area contributed by atoms with Crippen LogP contribution in [0.15, 0.2) is 16.9 Å². The van der Waals surface area contributed by atoms with Gasteiger partial charge in [-0.2, -0.15) is 0 Å². The van der Waals surface area contributed by atoms with Crippen molar-refractivity contribution in [3.8, 4) is 0 Å². The van der Waals surface area contributed by atoms with Crippen molar-refractivity contribution >= 4 is 27.3 Å². The fourth-order valence-electron chi connectivity index (χ4n) is 2.07. The van der Waals surface area contributed by atoms with E-state index < -0.39 is 0 Å². The molecule has 0 aromatic carbocycles. The zero-order valence-corrected chi connectivity index (χ0v) is 10.3. The van der Waals surface area contributed by atoms with Gasteiger partial charge < -0.3 is 10.6 Å². The van der Waals surface area contributed by atoms with E-state index in [1.54, 1.807) is 6.20 Å². The minimum atomic E-state index is 0.770. The first kappa shape index (κ1) is 10.7. The highest BCUT2D eigenvalue weighted by atomic mass is 79.9. The Hall–Kier alpha value is -0.770. The minimum absolute atomic E-state index is 0.770. The number of hydrogen-bond acceptors (Lipinski definition) is 3. The lowest BCUT2D eigenvalue weighted by atomic mass is 10.2. The Balaban J connectivity index is 2.26. The summed E-state index contributed by atoms with van der Waals surface area (Å²) in [5.41, 5.74) is 7.86. The average Bonchev–Trinajstić information content (AvgIpc) is 2.46. The molecule has 0 atom stereocenters. The van der Waals surface area contributed by atoms with Gasteiger partial charge in [-0.15, -0.1) is 0 Å². The second kappa shape index (κ2) is 4.84. The van der Waals surface area contributed by atoms with Crippen molar-refractivity contribution in [3.05, 3.63) is 16.9 Å². The van der Waals surface area contributed by atoms with E-state index in [1.807, 2.05) is 6.20 Å². The van der Waals surface area contributed by atoms with Gasteiger partial charge in [0.2, 0.25) is 0 Å². The molecule has 0 amide bonds. The van der Waals surface area contributed by atoms with Crippen LogP contribution < -0.4 is 10.6 Å². The third kappa shape index (κ3) is 2.43. The maximum absolute atomic E-state index is 5.97. The number of nitrogens with zero attached hydrogens (tertiary/aromatic N) is 2. The number of aromatic nitrogens is 1. The second-order valence-corrected chi connectivity index (χ2v) is 4.81. The molecule has 1 aliphatic heterocycles. The van der Waals surface area contributed by atoms with Crippen LogP contribution in [0.3, 0.4) is 0 Å². The van der Waals surface area contributed by atoms with Crippen molar-refractivity contribution in [1.29, 1.82) is 0 Å². The van der Waals surface area contributed by atoms with Crippen LogP contribution in [0.2, 0.25) is 0 Å². The fraction of sp³-hybridized carbons (Fsp3) is 0.545. The summed E-state index contributed by atoms with van der Waals surface area (Å²) in [4.78, 5) is 6.43. The molecule has 0 unspecified atom stereocenters. The standard InChI is InChI=1S/C11H16BrN3/c12-9-7-14-8-10(13)11(9)15-5-3-1-2-4-6-15/h7-8H,1-6,13H2. The molecular formula is C11H16BrN3. The van der Waals surface area contributed by atoms with Crippen molar-refractivity contribution in [2.24, 2.45) is 0 Å². The smallest absolute Gasteiger partial charge is 0.0776 e. The van der Waals surface area contributed by atoms with E-state index in [-0.39, 0.29) is 0 Å². The molecule has 2 rings (SSSR count). The number of nitrogens with two attached hydrogens (primary N) is 1. The Morgan fingerprint density at radius 1 is 1.13 bits per heavy atom. The number of halogens is 1. The maximum atomic E-state index is 5.97. The molecule has 0 saturated carbocycles. The molecule has 0 radical (unpaired) electrons. The fourth-order valence-corrected chi connectivity index (χ4v) is 2.67. The molecular weight excluding hydrogens is 254 g/mol. The summed E-state index contributed by atoms with van der Waals surface area (Å²) in [6, 6.07) is 0. The number of pyridine rings is 1. The van der Waals surface area contributed by atoms with E-state index in [1.165, 1.54) is 25.7 Å². The Morgan fingerprint density at radius 3 is 2.40 bits per heavy atom. The van der Waals surface area contributed by atoms with Crippen LogP contribution in [-0.2, 0) is 0 Å². The third-order valence-corrected chi connectivity index (χ3v) is 3.40. The lowest BCUT2D eigenvalue weighted by molar-refractivity contribution is 0.726. The van der Waals surface area contributed by atoms with Gasteiger partial charge in [0.25, 0.3) is 0 Å². The van der Waals surface area contributed by atoms with Gasteiger partial charge in [0.1, 0.15) is 0 Å². The zero-order valence-electron chi connectivity index (χ0n) is 8.75. The summed E-state index contributed by atoms with van der Waals surface area (Å²) in [5.74, 6) is 0. The van der Waals surface area contributed by atoms with Gasteiger partial charge >= 0.3 is 0 Å². The molecule has 0 aliphatic carbocycles. The first-order valence-electron chi connectivity index (χ1n) is 5.43. The summed E-state index contributed by atoms with van der Waals surface area (Å²) in [6.45, 7) is 2.21. The largest absolute Gasteiger partial charge is 0.396 e. The van der Waals surface area contributed by atoms with Crippen molar-refractivity contribution in [2.45, 2.75) is 25.7 Å². The highest BCUT2D eigenvalue weighted by molar-refractivity contribution is 9.10. The molecule has 0 bridgehead atoms. The molecule has 1 aliphatic rings. The zero-order chi connectivity index (χ0) is 10.7. The monoisotopic (exact) mass is 269 g/mol. The maximum Gasteiger partial charge on any atom is 0.0776 e. The summed E-state index contributed by atoms with van der Waals surface area (Å²) >= 11 is 3.52. The SMILES string of the molecule is Nc1cncc(Br)c1N1CCCCCC1. The van der Waals surface area contributed by atoms with Gasteiger partial charge in [-0.1, -0.05) is 12.8 Å². The quantitative estimate of drug-likeness (QED) is 0.853. The van der Waals surface area contributed by atoms with Crippen LogP contribution in [0.25, 0.3) is 0 Å². The highest BCUT2D eigenvalue weighted by Gasteiger charge is 2.15. The van der Waals surface area contributed by atoms with Gasteiger partial charge in [0, 0.05) is 19.3 Å². The first-order valence-corrected chi connectivity index (χ1v) is 6.22. The van der Waals surface area contributed by atoms with Crippen LogP contribution in [-0.4, -0.2) is 18.1 Å². The van der Waals surface area contributed by atoms with E-state index in [0.717, 1.165) is 28.9 Å². The predicted octanol–water partition coefficient (Wildman–Crippen LogP) is 2.81. The van der Waals surface area contributed by atoms with Gasteiger partial charge in [-0.05, 0) is 28.8 Å². The molecule has 2 heterocycles. The molecule has 4 heteroatoms. The Kier molecular flexibility index (Phi) is 3.46. The molecule has 82 valence electrons. The van der Waals surface area contributed by atoms with E-state index in [0.29, 0.717) is 0 Å². The molecule has 1 saturated heterocycles. The molecule has 3 nitrogen and oxygen atoms in total. The lowest BCUT2D eigenvalue weighted by Crippen LogP contribution is -2.25. The summed E-state index contributed by atoms with van der Waals surface area (Å²) < 4.78 is 1.00. The number of hydrogen-bond donors (Lipinski definition) is 1. The predicted molar refractivity (Wildman–Crippen MR) is 67.0 cm³/mol. The lowest BCUT2D eigenvalue weighted by Gasteiger charge is -2.25. The molecule has 1 aromatic heterocycles. The van der Waals surface area contributed by atoms with Crippen LogP contribution >= 0.6 is 15.9 Å². The molecule has 15 heavy (non-hydrogen) atoms. The molecule has 0 spiro atoms. The van der Waals surface area contributed by atoms with Crippen molar-refractivity contribution < 1.29 is 0 Å². The highest BCUT2D eigenvalue weighted by Crippen LogP contribution is 2.32. The number of nitrogen functional groups attached to an aromatic ring is 1. The van der Waals surface area contributed by atoms with Crippen LogP contribution in [0.1, 0.15) is 25.7 Å². The molecule has 1 aromatic rings. The topological polar surface area (TPSA) is 42.1 Å². The Morgan fingerprint density at radius 2 is 1.80 bits per heavy atom. The van der Waals surface area contributed by atoms with Gasteiger partial charge in [0.05, 0.1) is 22.0 Å². The van der Waals surface area contributed by atoms with E-state index in [4.69, 9.17) is 5.73 Å². The normalized spacial score (nSPS) is 17.5. The number of anilines is 2. The van der Waals surface area contributed by atoms with E-state index in [2.05, 4.69) is 25.8 Å². The summed E-state index contributed by atoms with van der Waals surface area (Å²) in [6.07, 6.45) is 8.72. The summed E-state index contributed by atoms with van der Waals surface area (Å²) in [5, 5.41) is 0. The van der Waals surface area contributed by atoms with Crippen LogP contribution in [0.4, 0.5) is 11.4 Å². The third-order valence-electron chi connectivity index (χ3n) is 2.82. The van der Waals surface area contributed by atoms with E-state index >= 15 is 0 Å². The van der Waals surface area contributed by atoms with Crippen LogP contribution in [0, 0.1) is 0 Å². The van der Waals surface area contributed by atoms with E-state index in [9.17, 15) is 0 Å². The van der Waals surface area contributed by atoms with Crippen molar-refractivity contribution in [2.75, 3.05) is 23.7 Å². The Labute approximate surface area is 98.8 Å². The molecule has 2 N–H and O–H groups in total. The van der Waals surface area contributed by atoms with Crippen molar-refractivity contribution in [1.82, 2.24) is 4.98 Å². The van der Waals surface area contributed by atoms with Crippen LogP contribution in [0.5, 0.6) is 0 Å². The summed E-state index contributed by atoms with van der Waals surface area (Å²) in [7, 11) is 0. The van der Waals surface area contributed by atoms with Gasteiger partial charge in [-0.3, -0.25) is 4.98 Å². The van der Waals surface area contributed by atoms with Gasteiger partial charge in [-0.25, -0.2) is 0 Å². The average molecular weight is 270 g/mol. The number of rotatable bonds is 1. The molecule has 1 fully saturated rings. The second-order valence-electron chi connectivity index (χ2n) is 3.96. The Bertz CT molecular complexity index is 312. The first-order chi connectivity index (χ1) is 7.29. The minimum Gasteiger partial charge on any atom is -0.396 e.